The van der Waals surface area contributed by atoms with Crippen molar-refractivity contribution in [1.29, 1.82) is 0 Å². The van der Waals surface area contributed by atoms with Gasteiger partial charge in [-0.1, -0.05) is 6.07 Å². The zero-order valence-electron chi connectivity index (χ0n) is 18.6. The van der Waals surface area contributed by atoms with E-state index in [9.17, 15) is 18.0 Å². The number of carbonyl (C=O) groups is 1. The third kappa shape index (κ3) is 4.71. The van der Waals surface area contributed by atoms with Crippen LogP contribution in [0, 0.1) is 0 Å². The van der Waals surface area contributed by atoms with Crippen molar-refractivity contribution in [1.82, 2.24) is 15.3 Å². The van der Waals surface area contributed by atoms with Crippen LogP contribution in [-0.2, 0) is 10.0 Å². The Balaban J connectivity index is 1.26. The Morgan fingerprint density at radius 2 is 1.63 bits per heavy atom. The normalized spacial score (nSPS) is 13.9. The second kappa shape index (κ2) is 8.84. The molecular weight excluding hydrogens is 472 g/mol. The lowest BCUT2D eigenvalue weighted by atomic mass is 10.1. The summed E-state index contributed by atoms with van der Waals surface area (Å²) in [5, 5.41) is 2.93. The molecule has 1 aliphatic heterocycles. The van der Waals surface area contributed by atoms with Crippen LogP contribution in [0.3, 0.4) is 0 Å². The lowest BCUT2D eigenvalue weighted by Gasteiger charge is -2.21. The Morgan fingerprint density at radius 3 is 2.40 bits per heavy atom. The predicted octanol–water partition coefficient (Wildman–Crippen LogP) is 2.92. The van der Waals surface area contributed by atoms with Crippen molar-refractivity contribution in [3.63, 3.8) is 0 Å². The summed E-state index contributed by atoms with van der Waals surface area (Å²) in [5.74, 6) is 1.02. The second-order valence-corrected chi connectivity index (χ2v) is 9.75. The van der Waals surface area contributed by atoms with E-state index >= 15 is 0 Å². The van der Waals surface area contributed by atoms with E-state index in [2.05, 4.69) is 20.0 Å². The number of rotatable bonds is 6. The van der Waals surface area contributed by atoms with Crippen LogP contribution in [0.5, 0.6) is 11.5 Å². The fourth-order valence-corrected chi connectivity index (χ4v) is 4.86. The minimum absolute atomic E-state index is 0.00433. The van der Waals surface area contributed by atoms with Gasteiger partial charge in [0.2, 0.25) is 0 Å². The monoisotopic (exact) mass is 494 g/mol. The number of amides is 1. The van der Waals surface area contributed by atoms with Gasteiger partial charge in [-0.2, -0.15) is 0 Å². The molecule has 1 atom stereocenters. The van der Waals surface area contributed by atoms with Crippen LogP contribution in [-0.4, -0.2) is 37.5 Å². The number of imidazole rings is 1. The molecule has 0 saturated carbocycles. The van der Waals surface area contributed by atoms with Crippen LogP contribution < -0.4 is 25.2 Å². The summed E-state index contributed by atoms with van der Waals surface area (Å²) in [5.41, 5.74) is 2.02. The zero-order valence-corrected chi connectivity index (χ0v) is 19.4. The molecule has 0 aliphatic carbocycles. The maximum atomic E-state index is 12.8. The summed E-state index contributed by atoms with van der Waals surface area (Å²) in [6.07, 6.45) is 0. The number of hydrogen-bond acceptors (Lipinski definition) is 6. The summed E-state index contributed by atoms with van der Waals surface area (Å²) in [4.78, 5) is 29.2. The number of ether oxygens (including phenoxy) is 2. The van der Waals surface area contributed by atoms with Crippen LogP contribution in [0.4, 0.5) is 5.69 Å². The Bertz CT molecular complexity index is 1570. The van der Waals surface area contributed by atoms with Crippen LogP contribution in [0.25, 0.3) is 11.0 Å². The maximum Gasteiger partial charge on any atom is 0.323 e. The van der Waals surface area contributed by atoms with Crippen molar-refractivity contribution in [3.05, 3.63) is 82.3 Å². The number of aromatic nitrogens is 2. The van der Waals surface area contributed by atoms with Gasteiger partial charge in [0.15, 0.2) is 11.5 Å². The first-order chi connectivity index (χ1) is 16.8. The largest absolute Gasteiger partial charge is 0.486 e. The SMILES string of the molecule is C[C@H](NC(=O)c1ccc(NS(=O)(=O)c2ccc3[nH]c(=O)[nH]c3c2)cc1)c1ccc2c(c1)OCCO2. The van der Waals surface area contributed by atoms with E-state index in [4.69, 9.17) is 9.47 Å². The molecule has 10 nitrogen and oxygen atoms in total. The van der Waals surface area contributed by atoms with Crippen LogP contribution in [0.1, 0.15) is 28.9 Å². The van der Waals surface area contributed by atoms with E-state index in [1.807, 2.05) is 25.1 Å². The quantitative estimate of drug-likeness (QED) is 0.325. The maximum absolute atomic E-state index is 12.8. The first-order valence-corrected chi connectivity index (χ1v) is 12.3. The molecule has 0 fully saturated rings. The van der Waals surface area contributed by atoms with Gasteiger partial charge in [0, 0.05) is 11.3 Å². The van der Waals surface area contributed by atoms with Crippen molar-refractivity contribution >= 4 is 32.7 Å². The third-order valence-electron chi connectivity index (χ3n) is 5.61. The van der Waals surface area contributed by atoms with E-state index in [-0.39, 0.29) is 16.8 Å². The minimum Gasteiger partial charge on any atom is -0.486 e. The van der Waals surface area contributed by atoms with Gasteiger partial charge in [0.1, 0.15) is 13.2 Å². The molecule has 35 heavy (non-hydrogen) atoms. The van der Waals surface area contributed by atoms with Gasteiger partial charge in [-0.15, -0.1) is 0 Å². The van der Waals surface area contributed by atoms with Gasteiger partial charge < -0.3 is 24.8 Å². The number of hydrogen-bond donors (Lipinski definition) is 4. The predicted molar refractivity (Wildman–Crippen MR) is 129 cm³/mol. The van der Waals surface area contributed by atoms with Gasteiger partial charge in [0.05, 0.1) is 22.0 Å². The summed E-state index contributed by atoms with van der Waals surface area (Å²) >= 11 is 0. The molecule has 2 heterocycles. The highest BCUT2D eigenvalue weighted by atomic mass is 32.2. The molecule has 1 aromatic heterocycles. The highest BCUT2D eigenvalue weighted by Crippen LogP contribution is 2.32. The number of H-pyrrole nitrogens is 2. The third-order valence-corrected chi connectivity index (χ3v) is 6.99. The number of benzene rings is 3. The van der Waals surface area contributed by atoms with Crippen molar-refractivity contribution in [2.45, 2.75) is 17.9 Å². The van der Waals surface area contributed by atoms with Gasteiger partial charge in [0.25, 0.3) is 15.9 Å². The van der Waals surface area contributed by atoms with Gasteiger partial charge in [-0.25, -0.2) is 13.2 Å². The Morgan fingerprint density at radius 1 is 0.914 bits per heavy atom. The molecule has 0 unspecified atom stereocenters. The highest BCUT2D eigenvalue weighted by molar-refractivity contribution is 7.92. The van der Waals surface area contributed by atoms with E-state index in [1.54, 1.807) is 0 Å². The van der Waals surface area contributed by atoms with Crippen molar-refractivity contribution in [3.8, 4) is 11.5 Å². The van der Waals surface area contributed by atoms with Crippen LogP contribution >= 0.6 is 0 Å². The topological polar surface area (TPSA) is 142 Å². The van der Waals surface area contributed by atoms with E-state index in [1.165, 1.54) is 42.5 Å². The lowest BCUT2D eigenvalue weighted by molar-refractivity contribution is 0.0939. The Labute approximate surface area is 200 Å². The molecule has 5 rings (SSSR count). The molecule has 0 radical (unpaired) electrons. The van der Waals surface area contributed by atoms with Crippen LogP contribution in [0.15, 0.2) is 70.4 Å². The number of fused-ring (bicyclic) bond motifs is 2. The van der Waals surface area contributed by atoms with Gasteiger partial charge in [-0.05, 0) is 67.1 Å². The van der Waals surface area contributed by atoms with Crippen LogP contribution in [0.2, 0.25) is 0 Å². The Hall–Kier alpha value is -4.25. The average Bonchev–Trinajstić information content (AvgIpc) is 3.23. The average molecular weight is 495 g/mol. The number of aromatic amines is 2. The standard InChI is InChI=1S/C24H22N4O6S/c1-14(16-4-9-21-22(12-16)34-11-10-33-21)25-23(29)15-2-5-17(6-3-15)28-35(31,32)18-7-8-19-20(13-18)27-24(30)26-19/h2-9,12-14,28H,10-11H2,1H3,(H,25,29)(H2,26,27,30)/t14-/m0/s1. The molecule has 0 saturated heterocycles. The van der Waals surface area contributed by atoms with E-state index < -0.39 is 15.7 Å². The number of anilines is 1. The van der Waals surface area contributed by atoms with Gasteiger partial charge in [-0.3, -0.25) is 9.52 Å². The van der Waals surface area contributed by atoms with E-state index in [0.717, 1.165) is 5.56 Å². The molecule has 4 N–H and O–H groups in total. The molecule has 0 bridgehead atoms. The molecule has 1 aliphatic rings. The van der Waals surface area contributed by atoms with Crippen molar-refractivity contribution in [2.24, 2.45) is 0 Å². The van der Waals surface area contributed by atoms with E-state index in [0.29, 0.717) is 47.0 Å². The lowest BCUT2D eigenvalue weighted by Crippen LogP contribution is -2.26. The molecule has 1 amide bonds. The molecule has 3 aromatic carbocycles. The number of nitrogens with one attached hydrogen (secondary N) is 4. The fourth-order valence-electron chi connectivity index (χ4n) is 3.78. The van der Waals surface area contributed by atoms with Crippen molar-refractivity contribution in [2.75, 3.05) is 17.9 Å². The highest BCUT2D eigenvalue weighted by Gasteiger charge is 2.18. The number of carbonyl (C=O) groups excluding carboxylic acids is 1. The molecule has 0 spiro atoms. The zero-order chi connectivity index (χ0) is 24.6. The van der Waals surface area contributed by atoms with Gasteiger partial charge >= 0.3 is 5.69 Å². The second-order valence-electron chi connectivity index (χ2n) is 8.07. The first-order valence-electron chi connectivity index (χ1n) is 10.8. The molecule has 180 valence electrons. The molecule has 4 aromatic rings. The molecular formula is C24H22N4O6S. The summed E-state index contributed by atoms with van der Waals surface area (Å²) in [7, 11) is -3.90. The Kier molecular flexibility index (Phi) is 5.69. The summed E-state index contributed by atoms with van der Waals surface area (Å²) in [6.45, 7) is 2.85. The molecule has 11 heteroatoms. The number of sulfonamides is 1. The smallest absolute Gasteiger partial charge is 0.323 e. The fraction of sp³-hybridized carbons (Fsp3) is 0.167. The first kappa shape index (κ1) is 22.5. The van der Waals surface area contributed by atoms with Crippen molar-refractivity contribution < 1.29 is 22.7 Å². The minimum atomic E-state index is -3.90. The summed E-state index contributed by atoms with van der Waals surface area (Å²) < 4.78 is 39.1. The summed E-state index contributed by atoms with van der Waals surface area (Å²) in [6, 6.07) is 15.6.